The van der Waals surface area contributed by atoms with Crippen LogP contribution in [0, 0.1) is 0 Å². The zero-order chi connectivity index (χ0) is 16.3. The van der Waals surface area contributed by atoms with Crippen molar-refractivity contribution in [2.24, 2.45) is 0 Å². The molecule has 1 aliphatic rings. The number of amides is 1. The van der Waals surface area contributed by atoms with E-state index in [9.17, 15) is 9.90 Å². The van der Waals surface area contributed by atoms with Crippen molar-refractivity contribution in [2.75, 3.05) is 13.7 Å². The normalized spacial score (nSPS) is 23.1. The molecule has 1 amide bonds. The molecule has 0 aliphatic heterocycles. The molecular formula is C18H21NO4. The van der Waals surface area contributed by atoms with Gasteiger partial charge >= 0.3 is 0 Å². The van der Waals surface area contributed by atoms with Crippen molar-refractivity contribution in [1.82, 2.24) is 5.32 Å². The Kier molecular flexibility index (Phi) is 4.39. The highest BCUT2D eigenvalue weighted by atomic mass is 16.5. The van der Waals surface area contributed by atoms with E-state index in [1.54, 1.807) is 13.4 Å². The molecule has 0 unspecified atom stereocenters. The standard InChI is InChI=1S/C18H21NO4/c1-22-15-6-4-13(5-7-15)18(11-14(20)12-18)17(21)19-9-8-16-3-2-10-23-16/h2-7,10,14,20H,8-9,11-12H2,1H3,(H,19,21). The lowest BCUT2D eigenvalue weighted by molar-refractivity contribution is -0.135. The second kappa shape index (κ2) is 6.46. The first-order valence-electron chi connectivity index (χ1n) is 7.77. The number of methoxy groups -OCH3 is 1. The highest BCUT2D eigenvalue weighted by molar-refractivity contribution is 5.89. The minimum Gasteiger partial charge on any atom is -0.497 e. The van der Waals surface area contributed by atoms with E-state index in [4.69, 9.17) is 9.15 Å². The van der Waals surface area contributed by atoms with Crippen molar-refractivity contribution in [2.45, 2.75) is 30.8 Å². The van der Waals surface area contributed by atoms with E-state index >= 15 is 0 Å². The van der Waals surface area contributed by atoms with Crippen LogP contribution in [0.3, 0.4) is 0 Å². The van der Waals surface area contributed by atoms with Crippen LogP contribution in [-0.2, 0) is 16.6 Å². The highest BCUT2D eigenvalue weighted by Crippen LogP contribution is 2.44. The Balaban J connectivity index is 1.68. The predicted octanol–water partition coefficient (Wildman–Crippen LogP) is 2.04. The van der Waals surface area contributed by atoms with Gasteiger partial charge in [-0.15, -0.1) is 0 Å². The number of benzene rings is 1. The van der Waals surface area contributed by atoms with Crippen LogP contribution in [0.5, 0.6) is 5.75 Å². The van der Waals surface area contributed by atoms with Gasteiger partial charge in [0.2, 0.25) is 5.91 Å². The third-order valence-corrected chi connectivity index (χ3v) is 4.48. The van der Waals surface area contributed by atoms with Crippen molar-refractivity contribution >= 4 is 5.91 Å². The van der Waals surface area contributed by atoms with Crippen molar-refractivity contribution in [3.63, 3.8) is 0 Å². The Morgan fingerprint density at radius 3 is 2.65 bits per heavy atom. The van der Waals surface area contributed by atoms with Crippen LogP contribution in [0.4, 0.5) is 0 Å². The fourth-order valence-corrected chi connectivity index (χ4v) is 3.13. The van der Waals surface area contributed by atoms with Gasteiger partial charge in [0.05, 0.1) is 24.9 Å². The van der Waals surface area contributed by atoms with Crippen LogP contribution in [0.25, 0.3) is 0 Å². The maximum absolute atomic E-state index is 12.7. The van der Waals surface area contributed by atoms with Gasteiger partial charge in [-0.3, -0.25) is 4.79 Å². The number of aliphatic hydroxyl groups excluding tert-OH is 1. The smallest absolute Gasteiger partial charge is 0.230 e. The third kappa shape index (κ3) is 3.10. The second-order valence-corrected chi connectivity index (χ2v) is 5.96. The highest BCUT2D eigenvalue weighted by Gasteiger charge is 2.50. The fraction of sp³-hybridized carbons (Fsp3) is 0.389. The summed E-state index contributed by atoms with van der Waals surface area (Å²) in [6.07, 6.45) is 2.75. The number of ether oxygens (including phenoxy) is 1. The molecule has 1 saturated carbocycles. The van der Waals surface area contributed by atoms with Gasteiger partial charge in [-0.25, -0.2) is 0 Å². The zero-order valence-electron chi connectivity index (χ0n) is 13.1. The minimum absolute atomic E-state index is 0.0421. The van der Waals surface area contributed by atoms with Crippen LogP contribution >= 0.6 is 0 Å². The van der Waals surface area contributed by atoms with Crippen molar-refractivity contribution in [3.8, 4) is 5.75 Å². The largest absolute Gasteiger partial charge is 0.497 e. The first-order valence-corrected chi connectivity index (χ1v) is 7.77. The Hall–Kier alpha value is -2.27. The number of carbonyl (C=O) groups excluding carboxylic acids is 1. The van der Waals surface area contributed by atoms with Crippen molar-refractivity contribution in [3.05, 3.63) is 54.0 Å². The summed E-state index contributed by atoms with van der Waals surface area (Å²) in [5.74, 6) is 1.55. The number of hydrogen-bond acceptors (Lipinski definition) is 4. The molecule has 1 fully saturated rings. The van der Waals surface area contributed by atoms with Gasteiger partial charge in [0.1, 0.15) is 11.5 Å². The molecule has 1 aromatic heterocycles. The predicted molar refractivity (Wildman–Crippen MR) is 85.3 cm³/mol. The lowest BCUT2D eigenvalue weighted by Gasteiger charge is -2.44. The van der Waals surface area contributed by atoms with Gasteiger partial charge in [0.15, 0.2) is 0 Å². The van der Waals surface area contributed by atoms with Crippen LogP contribution < -0.4 is 10.1 Å². The van der Waals surface area contributed by atoms with Gasteiger partial charge in [0.25, 0.3) is 0 Å². The second-order valence-electron chi connectivity index (χ2n) is 5.96. The van der Waals surface area contributed by atoms with E-state index in [2.05, 4.69) is 5.32 Å². The summed E-state index contributed by atoms with van der Waals surface area (Å²) in [7, 11) is 1.61. The summed E-state index contributed by atoms with van der Waals surface area (Å²) in [5.41, 5.74) is 0.272. The molecular weight excluding hydrogens is 294 g/mol. The Labute approximate surface area is 135 Å². The Morgan fingerprint density at radius 2 is 2.09 bits per heavy atom. The third-order valence-electron chi connectivity index (χ3n) is 4.48. The van der Waals surface area contributed by atoms with E-state index in [0.717, 1.165) is 17.1 Å². The molecule has 0 spiro atoms. The average molecular weight is 315 g/mol. The summed E-state index contributed by atoms with van der Waals surface area (Å²) in [6.45, 7) is 0.514. The van der Waals surface area contributed by atoms with Gasteiger partial charge in [-0.05, 0) is 42.7 Å². The molecule has 23 heavy (non-hydrogen) atoms. The van der Waals surface area contributed by atoms with Gasteiger partial charge < -0.3 is 19.6 Å². The van der Waals surface area contributed by atoms with E-state index in [0.29, 0.717) is 25.8 Å². The number of rotatable bonds is 6. The summed E-state index contributed by atoms with van der Waals surface area (Å²) < 4.78 is 10.4. The first kappa shape index (κ1) is 15.6. The van der Waals surface area contributed by atoms with Gasteiger partial charge in [-0.2, -0.15) is 0 Å². The van der Waals surface area contributed by atoms with E-state index in [-0.39, 0.29) is 5.91 Å². The van der Waals surface area contributed by atoms with Gasteiger partial charge in [0, 0.05) is 13.0 Å². The molecule has 1 heterocycles. The van der Waals surface area contributed by atoms with Crippen LogP contribution in [-0.4, -0.2) is 30.8 Å². The van der Waals surface area contributed by atoms with E-state index in [1.807, 2.05) is 36.4 Å². The molecule has 0 atom stereocenters. The number of nitrogens with one attached hydrogen (secondary N) is 1. The van der Waals surface area contributed by atoms with Crippen LogP contribution in [0.2, 0.25) is 0 Å². The monoisotopic (exact) mass is 315 g/mol. The quantitative estimate of drug-likeness (QED) is 0.856. The maximum atomic E-state index is 12.7. The number of aliphatic hydroxyl groups is 1. The molecule has 5 heteroatoms. The fourth-order valence-electron chi connectivity index (χ4n) is 3.13. The summed E-state index contributed by atoms with van der Waals surface area (Å²) in [4.78, 5) is 12.7. The van der Waals surface area contributed by atoms with E-state index < -0.39 is 11.5 Å². The summed E-state index contributed by atoms with van der Waals surface area (Å²) >= 11 is 0. The SMILES string of the molecule is COc1ccc(C2(C(=O)NCCc3ccco3)CC(O)C2)cc1. The first-order chi connectivity index (χ1) is 11.1. The average Bonchev–Trinajstić information content (AvgIpc) is 3.05. The van der Waals surface area contributed by atoms with Crippen molar-refractivity contribution < 1.29 is 19.1 Å². The lowest BCUT2D eigenvalue weighted by Crippen LogP contribution is -2.55. The number of hydrogen-bond donors (Lipinski definition) is 2. The van der Waals surface area contributed by atoms with Crippen molar-refractivity contribution in [1.29, 1.82) is 0 Å². The van der Waals surface area contributed by atoms with Gasteiger partial charge in [-0.1, -0.05) is 12.1 Å². The summed E-state index contributed by atoms with van der Waals surface area (Å²) in [6, 6.07) is 11.2. The summed E-state index contributed by atoms with van der Waals surface area (Å²) in [5, 5.41) is 12.7. The molecule has 3 rings (SSSR count). The van der Waals surface area contributed by atoms with Crippen LogP contribution in [0.15, 0.2) is 47.1 Å². The number of carbonyl (C=O) groups is 1. The van der Waals surface area contributed by atoms with E-state index in [1.165, 1.54) is 0 Å². The molecule has 122 valence electrons. The zero-order valence-corrected chi connectivity index (χ0v) is 13.1. The molecule has 2 aromatic rings. The maximum Gasteiger partial charge on any atom is 0.230 e. The molecule has 2 N–H and O–H groups in total. The van der Waals surface area contributed by atoms with Crippen LogP contribution in [0.1, 0.15) is 24.2 Å². The molecule has 5 nitrogen and oxygen atoms in total. The Bertz CT molecular complexity index is 642. The molecule has 1 aliphatic carbocycles. The lowest BCUT2D eigenvalue weighted by atomic mass is 9.62. The molecule has 0 saturated heterocycles. The molecule has 0 radical (unpaired) electrons. The number of furan rings is 1. The molecule has 0 bridgehead atoms. The minimum atomic E-state index is -0.644. The molecule has 1 aromatic carbocycles. The topological polar surface area (TPSA) is 71.7 Å². The Morgan fingerprint density at radius 1 is 1.35 bits per heavy atom.